The zero-order valence-electron chi connectivity index (χ0n) is 13.7. The normalized spacial score (nSPS) is 11.2. The molecule has 7 heteroatoms. The SMILES string of the molecule is Cc1cccc(-c2nc3nc(Cl)nc(Cl)c3n2Cc2ccc(Cl)cc2)c1. The molecule has 2 heterocycles. The van der Waals surface area contributed by atoms with E-state index in [1.165, 1.54) is 0 Å². The van der Waals surface area contributed by atoms with Gasteiger partial charge < -0.3 is 4.57 Å². The summed E-state index contributed by atoms with van der Waals surface area (Å²) < 4.78 is 2.01. The maximum Gasteiger partial charge on any atom is 0.225 e. The summed E-state index contributed by atoms with van der Waals surface area (Å²) >= 11 is 18.3. The number of imidazole rings is 1. The van der Waals surface area contributed by atoms with Gasteiger partial charge in [0.15, 0.2) is 10.8 Å². The zero-order chi connectivity index (χ0) is 18.3. The molecule has 0 radical (unpaired) electrons. The topological polar surface area (TPSA) is 43.6 Å². The molecule has 0 aliphatic carbocycles. The maximum atomic E-state index is 6.37. The van der Waals surface area contributed by atoms with Gasteiger partial charge in [0.1, 0.15) is 11.3 Å². The van der Waals surface area contributed by atoms with Crippen molar-refractivity contribution in [3.05, 3.63) is 75.1 Å². The van der Waals surface area contributed by atoms with Gasteiger partial charge in [-0.25, -0.2) is 9.97 Å². The van der Waals surface area contributed by atoms with E-state index in [0.29, 0.717) is 22.7 Å². The van der Waals surface area contributed by atoms with Crippen LogP contribution in [0.1, 0.15) is 11.1 Å². The number of hydrogen-bond donors (Lipinski definition) is 0. The van der Waals surface area contributed by atoms with Crippen molar-refractivity contribution in [1.82, 2.24) is 19.5 Å². The third-order valence-corrected chi connectivity index (χ3v) is 4.75. The number of fused-ring (bicyclic) bond motifs is 1. The second kappa shape index (κ2) is 6.88. The minimum absolute atomic E-state index is 0.0782. The van der Waals surface area contributed by atoms with Crippen LogP contribution in [0.15, 0.2) is 48.5 Å². The summed E-state index contributed by atoms with van der Waals surface area (Å²) in [5, 5.41) is 1.05. The van der Waals surface area contributed by atoms with E-state index in [2.05, 4.69) is 21.0 Å². The second-order valence-corrected chi connectivity index (χ2v) is 7.11. The van der Waals surface area contributed by atoms with E-state index in [1.807, 2.05) is 54.0 Å². The third kappa shape index (κ3) is 3.28. The molecule has 0 aliphatic rings. The number of halogens is 3. The van der Waals surface area contributed by atoms with Crippen LogP contribution >= 0.6 is 34.8 Å². The van der Waals surface area contributed by atoms with Gasteiger partial charge in [-0.15, -0.1) is 0 Å². The lowest BCUT2D eigenvalue weighted by Gasteiger charge is -2.10. The minimum atomic E-state index is 0.0782. The smallest absolute Gasteiger partial charge is 0.225 e. The van der Waals surface area contributed by atoms with Gasteiger partial charge in [0.25, 0.3) is 0 Å². The lowest BCUT2D eigenvalue weighted by molar-refractivity contribution is 0.832. The van der Waals surface area contributed by atoms with Crippen molar-refractivity contribution >= 4 is 46.0 Å². The molecular weight excluding hydrogens is 391 g/mol. The second-order valence-electron chi connectivity index (χ2n) is 5.97. The summed E-state index contributed by atoms with van der Waals surface area (Å²) in [7, 11) is 0. The third-order valence-electron chi connectivity index (χ3n) is 4.06. The van der Waals surface area contributed by atoms with Crippen LogP contribution in [0.3, 0.4) is 0 Å². The Labute approximate surface area is 165 Å². The largest absolute Gasteiger partial charge is 0.316 e. The molecule has 0 saturated carbocycles. The van der Waals surface area contributed by atoms with Gasteiger partial charge in [-0.2, -0.15) is 4.98 Å². The van der Waals surface area contributed by atoms with Crippen molar-refractivity contribution in [2.45, 2.75) is 13.5 Å². The summed E-state index contributed by atoms with van der Waals surface area (Å²) in [5.41, 5.74) is 4.31. The quantitative estimate of drug-likeness (QED) is 0.320. The molecule has 4 aromatic rings. The number of aryl methyl sites for hydroxylation is 1. The summed E-state index contributed by atoms with van der Waals surface area (Å²) in [6, 6.07) is 15.8. The van der Waals surface area contributed by atoms with Gasteiger partial charge in [0.2, 0.25) is 5.28 Å². The van der Waals surface area contributed by atoms with E-state index >= 15 is 0 Å². The Morgan fingerprint density at radius 3 is 2.42 bits per heavy atom. The van der Waals surface area contributed by atoms with Crippen LogP contribution in [-0.4, -0.2) is 19.5 Å². The van der Waals surface area contributed by atoms with Crippen LogP contribution in [0.5, 0.6) is 0 Å². The molecule has 0 bridgehead atoms. The van der Waals surface area contributed by atoms with Crippen LogP contribution in [0.2, 0.25) is 15.5 Å². The lowest BCUT2D eigenvalue weighted by atomic mass is 10.1. The van der Waals surface area contributed by atoms with Crippen LogP contribution in [0.25, 0.3) is 22.6 Å². The van der Waals surface area contributed by atoms with Gasteiger partial charge >= 0.3 is 0 Å². The molecule has 0 N–H and O–H groups in total. The standard InChI is InChI=1S/C19H13Cl3N4/c1-11-3-2-4-13(9-11)18-24-17-15(16(21)23-19(22)25-17)26(18)10-12-5-7-14(20)8-6-12/h2-9H,10H2,1H3. The molecule has 26 heavy (non-hydrogen) atoms. The first-order valence-corrected chi connectivity index (χ1v) is 9.05. The highest BCUT2D eigenvalue weighted by molar-refractivity contribution is 6.35. The molecule has 0 unspecified atom stereocenters. The fourth-order valence-corrected chi connectivity index (χ4v) is 3.50. The average molecular weight is 404 g/mol. The van der Waals surface area contributed by atoms with Crippen LogP contribution in [0.4, 0.5) is 0 Å². The van der Waals surface area contributed by atoms with Gasteiger partial charge in [-0.3, -0.25) is 0 Å². The van der Waals surface area contributed by atoms with E-state index in [9.17, 15) is 0 Å². The Hall–Kier alpha value is -2.14. The molecule has 0 fully saturated rings. The number of nitrogens with zero attached hydrogens (tertiary/aromatic N) is 4. The van der Waals surface area contributed by atoms with E-state index in [1.54, 1.807) is 0 Å². The number of aromatic nitrogens is 4. The van der Waals surface area contributed by atoms with Crippen molar-refractivity contribution in [2.24, 2.45) is 0 Å². The molecule has 0 saturated heterocycles. The Balaban J connectivity index is 1.95. The Morgan fingerprint density at radius 1 is 0.923 bits per heavy atom. The molecule has 0 spiro atoms. The predicted octanol–water partition coefficient (Wildman–Crippen LogP) is 5.81. The molecule has 0 amide bonds. The fraction of sp³-hybridized carbons (Fsp3) is 0.105. The van der Waals surface area contributed by atoms with E-state index < -0.39 is 0 Å². The van der Waals surface area contributed by atoms with Crippen molar-refractivity contribution in [1.29, 1.82) is 0 Å². The van der Waals surface area contributed by atoms with E-state index in [0.717, 1.165) is 22.5 Å². The molecule has 130 valence electrons. The maximum absolute atomic E-state index is 6.37. The monoisotopic (exact) mass is 402 g/mol. The molecule has 0 aliphatic heterocycles. The highest BCUT2D eigenvalue weighted by Gasteiger charge is 2.18. The van der Waals surface area contributed by atoms with Gasteiger partial charge in [-0.1, -0.05) is 59.1 Å². The molecule has 4 rings (SSSR count). The average Bonchev–Trinajstić information content (AvgIpc) is 2.95. The summed E-state index contributed by atoms with van der Waals surface area (Å²) in [6.07, 6.45) is 0. The first-order valence-electron chi connectivity index (χ1n) is 7.92. The Morgan fingerprint density at radius 2 is 1.69 bits per heavy atom. The predicted molar refractivity (Wildman–Crippen MR) is 106 cm³/mol. The Kier molecular flexibility index (Phi) is 4.57. The lowest BCUT2D eigenvalue weighted by Crippen LogP contribution is -2.03. The number of benzene rings is 2. The van der Waals surface area contributed by atoms with Crippen molar-refractivity contribution in [3.63, 3.8) is 0 Å². The van der Waals surface area contributed by atoms with E-state index in [-0.39, 0.29) is 10.4 Å². The number of rotatable bonds is 3. The summed E-state index contributed by atoms with van der Waals surface area (Å²) in [5.74, 6) is 0.761. The van der Waals surface area contributed by atoms with Gasteiger partial charge in [-0.05, 0) is 42.3 Å². The first kappa shape index (κ1) is 17.3. The van der Waals surface area contributed by atoms with Crippen molar-refractivity contribution in [2.75, 3.05) is 0 Å². The van der Waals surface area contributed by atoms with E-state index in [4.69, 9.17) is 34.8 Å². The highest BCUT2D eigenvalue weighted by atomic mass is 35.5. The molecule has 2 aromatic carbocycles. The molecule has 4 nitrogen and oxygen atoms in total. The van der Waals surface area contributed by atoms with Crippen molar-refractivity contribution < 1.29 is 0 Å². The van der Waals surface area contributed by atoms with Gasteiger partial charge in [0.05, 0.1) is 0 Å². The molecule has 2 aromatic heterocycles. The van der Waals surface area contributed by atoms with Crippen molar-refractivity contribution in [3.8, 4) is 11.4 Å². The van der Waals surface area contributed by atoms with Crippen LogP contribution in [0, 0.1) is 6.92 Å². The molecular formula is C19H13Cl3N4. The Bertz CT molecular complexity index is 1100. The summed E-state index contributed by atoms with van der Waals surface area (Å²) in [6.45, 7) is 2.60. The molecule has 0 atom stereocenters. The zero-order valence-corrected chi connectivity index (χ0v) is 16.0. The number of hydrogen-bond acceptors (Lipinski definition) is 3. The van der Waals surface area contributed by atoms with Crippen LogP contribution < -0.4 is 0 Å². The van der Waals surface area contributed by atoms with Gasteiger partial charge in [0, 0.05) is 17.1 Å². The highest BCUT2D eigenvalue weighted by Crippen LogP contribution is 2.30. The van der Waals surface area contributed by atoms with Crippen LogP contribution in [-0.2, 0) is 6.54 Å². The first-order chi connectivity index (χ1) is 12.5. The fourth-order valence-electron chi connectivity index (χ4n) is 2.90. The summed E-state index contributed by atoms with van der Waals surface area (Å²) in [4.78, 5) is 13.0. The minimum Gasteiger partial charge on any atom is -0.316 e.